The van der Waals surface area contributed by atoms with Gasteiger partial charge in [0.15, 0.2) is 0 Å². The van der Waals surface area contributed by atoms with Crippen LogP contribution in [0.5, 0.6) is 0 Å². The summed E-state index contributed by atoms with van der Waals surface area (Å²) in [6, 6.07) is 3.60. The van der Waals surface area contributed by atoms with Crippen molar-refractivity contribution < 1.29 is 18.8 Å². The molecule has 21 heavy (non-hydrogen) atoms. The number of thioether (sulfide) groups is 1. The fourth-order valence-electron chi connectivity index (χ4n) is 2.13. The lowest BCUT2D eigenvalue weighted by Gasteiger charge is -2.13. The van der Waals surface area contributed by atoms with Gasteiger partial charge in [-0.1, -0.05) is 0 Å². The lowest BCUT2D eigenvalue weighted by molar-refractivity contribution is -0.385. The molecular formula is C14H16FNO4S. The number of benzene rings is 1. The van der Waals surface area contributed by atoms with Gasteiger partial charge in [-0.2, -0.15) is 11.8 Å². The van der Waals surface area contributed by atoms with Crippen molar-refractivity contribution in [2.45, 2.75) is 25.0 Å². The highest BCUT2D eigenvalue weighted by Crippen LogP contribution is 2.51. The number of halogens is 1. The van der Waals surface area contributed by atoms with Crippen molar-refractivity contribution in [3.05, 3.63) is 39.7 Å². The summed E-state index contributed by atoms with van der Waals surface area (Å²) in [6.07, 6.45) is 2.37. The van der Waals surface area contributed by atoms with Crippen LogP contribution in [0.2, 0.25) is 0 Å². The molecule has 1 aromatic carbocycles. The van der Waals surface area contributed by atoms with Gasteiger partial charge in [-0.3, -0.25) is 14.9 Å². The Morgan fingerprint density at radius 1 is 1.48 bits per heavy atom. The zero-order valence-corrected chi connectivity index (χ0v) is 12.5. The largest absolute Gasteiger partial charge is 0.469 e. The average molecular weight is 313 g/mol. The second-order valence-corrected chi connectivity index (χ2v) is 6.31. The molecule has 0 heterocycles. The lowest BCUT2D eigenvalue weighted by atomic mass is 10.1. The van der Waals surface area contributed by atoms with E-state index in [1.807, 2.05) is 0 Å². The number of esters is 1. The molecule has 0 aliphatic heterocycles. The predicted molar refractivity (Wildman–Crippen MR) is 77.5 cm³/mol. The second kappa shape index (κ2) is 6.43. The van der Waals surface area contributed by atoms with Crippen LogP contribution >= 0.6 is 11.8 Å². The monoisotopic (exact) mass is 313 g/mol. The zero-order chi connectivity index (χ0) is 15.5. The van der Waals surface area contributed by atoms with Crippen LogP contribution in [-0.2, 0) is 15.3 Å². The van der Waals surface area contributed by atoms with Crippen molar-refractivity contribution in [1.82, 2.24) is 0 Å². The minimum Gasteiger partial charge on any atom is -0.469 e. The van der Waals surface area contributed by atoms with Crippen molar-refractivity contribution in [1.29, 1.82) is 0 Å². The third-order valence-electron chi connectivity index (χ3n) is 3.53. The van der Waals surface area contributed by atoms with E-state index in [2.05, 4.69) is 4.74 Å². The first-order chi connectivity index (χ1) is 9.94. The number of hydrogen-bond acceptors (Lipinski definition) is 5. The molecule has 1 aliphatic rings. The Morgan fingerprint density at radius 2 is 2.19 bits per heavy atom. The topological polar surface area (TPSA) is 69.4 Å². The van der Waals surface area contributed by atoms with Crippen LogP contribution in [0, 0.1) is 21.3 Å². The predicted octanol–water partition coefficient (Wildman–Crippen LogP) is 3.31. The molecule has 5 nitrogen and oxygen atoms in total. The number of nitrogens with zero attached hydrogens (tertiary/aromatic N) is 1. The van der Waals surface area contributed by atoms with Gasteiger partial charge in [0.05, 0.1) is 24.5 Å². The van der Waals surface area contributed by atoms with E-state index in [0.717, 1.165) is 24.7 Å². The highest BCUT2D eigenvalue weighted by atomic mass is 32.2. The molecule has 1 fully saturated rings. The number of methoxy groups -OCH3 is 1. The number of carbonyl (C=O) groups is 1. The van der Waals surface area contributed by atoms with Crippen molar-refractivity contribution >= 4 is 23.4 Å². The van der Waals surface area contributed by atoms with E-state index in [1.165, 1.54) is 19.2 Å². The van der Waals surface area contributed by atoms with Gasteiger partial charge in [-0.15, -0.1) is 0 Å². The first-order valence-electron chi connectivity index (χ1n) is 6.52. The molecular weight excluding hydrogens is 297 g/mol. The maximum absolute atomic E-state index is 13.3. The SMILES string of the molecule is COC(=O)CC1(CSCc2cc(F)cc([N+](=O)[O-])c2)CC1. The Bertz CT molecular complexity index is 560. The second-order valence-electron chi connectivity index (χ2n) is 5.32. The molecule has 0 saturated heterocycles. The molecule has 0 aromatic heterocycles. The van der Waals surface area contributed by atoms with Crippen molar-refractivity contribution in [3.8, 4) is 0 Å². The van der Waals surface area contributed by atoms with Crippen LogP contribution < -0.4 is 0 Å². The zero-order valence-electron chi connectivity index (χ0n) is 11.6. The lowest BCUT2D eigenvalue weighted by Crippen LogP contribution is -2.13. The van der Waals surface area contributed by atoms with Crippen molar-refractivity contribution in [2.24, 2.45) is 5.41 Å². The average Bonchev–Trinajstić information content (AvgIpc) is 3.17. The van der Waals surface area contributed by atoms with Crippen molar-refractivity contribution in [3.63, 3.8) is 0 Å². The molecule has 7 heteroatoms. The van der Waals surface area contributed by atoms with Gasteiger partial charge in [0, 0.05) is 11.8 Å². The van der Waals surface area contributed by atoms with Gasteiger partial charge >= 0.3 is 5.97 Å². The third kappa shape index (κ3) is 4.42. The number of rotatable bonds is 7. The van der Waals surface area contributed by atoms with E-state index in [1.54, 1.807) is 11.8 Å². The normalized spacial score (nSPS) is 15.5. The standard InChI is InChI=1S/C14H16FNO4S/c1-20-13(17)7-14(2-3-14)9-21-8-10-4-11(15)6-12(5-10)16(18)19/h4-6H,2-3,7-9H2,1H3. The summed E-state index contributed by atoms with van der Waals surface area (Å²) in [5.41, 5.74) is 0.346. The van der Waals surface area contributed by atoms with E-state index in [-0.39, 0.29) is 17.1 Å². The van der Waals surface area contributed by atoms with Crippen LogP contribution in [0.15, 0.2) is 18.2 Å². The fraction of sp³-hybridized carbons (Fsp3) is 0.500. The number of carbonyl (C=O) groups excluding carboxylic acids is 1. The molecule has 1 saturated carbocycles. The quantitative estimate of drug-likeness (QED) is 0.439. The van der Waals surface area contributed by atoms with E-state index >= 15 is 0 Å². The van der Waals surface area contributed by atoms with Crippen LogP contribution in [0.3, 0.4) is 0 Å². The smallest absolute Gasteiger partial charge is 0.306 e. The van der Waals surface area contributed by atoms with Gasteiger partial charge in [-0.25, -0.2) is 4.39 Å². The Labute approximate surface area is 126 Å². The Hall–Kier alpha value is -1.63. The minimum absolute atomic E-state index is 0.00296. The summed E-state index contributed by atoms with van der Waals surface area (Å²) >= 11 is 1.56. The summed E-state index contributed by atoms with van der Waals surface area (Å²) in [7, 11) is 1.37. The first kappa shape index (κ1) is 15.8. The maximum Gasteiger partial charge on any atom is 0.306 e. The van der Waals surface area contributed by atoms with Gasteiger partial charge < -0.3 is 4.74 Å². The third-order valence-corrected chi connectivity index (χ3v) is 4.89. The number of hydrogen-bond donors (Lipinski definition) is 0. The Kier molecular flexibility index (Phi) is 4.82. The van der Waals surface area contributed by atoms with Crippen LogP contribution in [0.1, 0.15) is 24.8 Å². The summed E-state index contributed by atoms with van der Waals surface area (Å²) in [4.78, 5) is 21.4. The number of nitro groups is 1. The molecule has 1 aliphatic carbocycles. The molecule has 0 amide bonds. The summed E-state index contributed by atoms with van der Waals surface area (Å²) < 4.78 is 18.0. The molecule has 0 N–H and O–H groups in total. The van der Waals surface area contributed by atoms with Crippen LogP contribution in [-0.4, -0.2) is 23.8 Å². The maximum atomic E-state index is 13.3. The molecule has 0 unspecified atom stereocenters. The van der Waals surface area contributed by atoms with E-state index in [9.17, 15) is 19.3 Å². The van der Waals surface area contributed by atoms with Gasteiger partial charge in [0.2, 0.25) is 0 Å². The Balaban J connectivity index is 1.89. The minimum atomic E-state index is -0.601. The molecule has 0 spiro atoms. The molecule has 1 aromatic rings. The van der Waals surface area contributed by atoms with Crippen LogP contribution in [0.4, 0.5) is 10.1 Å². The Morgan fingerprint density at radius 3 is 2.76 bits per heavy atom. The van der Waals surface area contributed by atoms with E-state index < -0.39 is 10.7 Å². The molecule has 2 rings (SSSR count). The highest BCUT2D eigenvalue weighted by Gasteiger charge is 2.44. The fourth-order valence-corrected chi connectivity index (χ4v) is 3.46. The van der Waals surface area contributed by atoms with E-state index in [4.69, 9.17) is 0 Å². The number of non-ortho nitro benzene ring substituents is 1. The van der Waals surface area contributed by atoms with Gasteiger partial charge in [0.25, 0.3) is 5.69 Å². The molecule has 114 valence electrons. The van der Waals surface area contributed by atoms with Gasteiger partial charge in [-0.05, 0) is 35.6 Å². The summed E-state index contributed by atoms with van der Waals surface area (Å²) in [5.74, 6) is 0.443. The van der Waals surface area contributed by atoms with Crippen molar-refractivity contribution in [2.75, 3.05) is 12.9 Å². The first-order valence-corrected chi connectivity index (χ1v) is 7.68. The van der Waals surface area contributed by atoms with E-state index in [0.29, 0.717) is 17.7 Å². The van der Waals surface area contributed by atoms with Crippen LogP contribution in [0.25, 0.3) is 0 Å². The molecule has 0 radical (unpaired) electrons. The van der Waals surface area contributed by atoms with Gasteiger partial charge in [0.1, 0.15) is 5.82 Å². The summed E-state index contributed by atoms with van der Waals surface area (Å²) in [5, 5.41) is 10.7. The summed E-state index contributed by atoms with van der Waals surface area (Å²) in [6.45, 7) is 0. The number of ether oxygens (including phenoxy) is 1. The highest BCUT2D eigenvalue weighted by molar-refractivity contribution is 7.98. The molecule has 0 bridgehead atoms. The molecule has 0 atom stereocenters. The number of nitro benzene ring substituents is 1.